The lowest BCUT2D eigenvalue weighted by Crippen LogP contribution is -3.00. The van der Waals surface area contributed by atoms with Gasteiger partial charge in [0.1, 0.15) is 0 Å². The highest BCUT2D eigenvalue weighted by Gasteiger charge is 2.11. The molecular weight excluding hydrogens is 178 g/mol. The van der Waals surface area contributed by atoms with Gasteiger partial charge in [-0.05, 0) is 12.5 Å². The van der Waals surface area contributed by atoms with Crippen LogP contribution in [0.3, 0.4) is 0 Å². The van der Waals surface area contributed by atoms with Crippen molar-refractivity contribution in [2.24, 2.45) is 0 Å². The van der Waals surface area contributed by atoms with E-state index in [2.05, 4.69) is 6.58 Å². The highest BCUT2D eigenvalue weighted by atomic mass is 35.5. The molecule has 0 fully saturated rings. The minimum atomic E-state index is -0.0435. The third-order valence-corrected chi connectivity index (χ3v) is 1.06. The molecule has 0 aliphatic heterocycles. The standard InChI is InChI=1S/C8H16NO2.ClH/c1-7(2)8(10)6-11-9(3,4)5;/h1,6H2,2-5H3;1H/q+1;/p-1. The molecule has 12 heavy (non-hydrogen) atoms. The predicted molar refractivity (Wildman–Crippen MR) is 43.8 cm³/mol. The van der Waals surface area contributed by atoms with Crippen molar-refractivity contribution >= 4 is 5.78 Å². The minimum Gasteiger partial charge on any atom is -1.00 e. The molecule has 0 aliphatic carbocycles. The zero-order chi connectivity index (χ0) is 9.07. The van der Waals surface area contributed by atoms with Gasteiger partial charge in [-0.15, -0.1) is 0 Å². The third kappa shape index (κ3) is 7.72. The Morgan fingerprint density at radius 2 is 1.83 bits per heavy atom. The molecule has 0 rings (SSSR count). The largest absolute Gasteiger partial charge is 1.00 e. The lowest BCUT2D eigenvalue weighted by Gasteiger charge is -2.20. The second kappa shape index (κ2) is 5.30. The van der Waals surface area contributed by atoms with Gasteiger partial charge in [-0.1, -0.05) is 6.58 Å². The van der Waals surface area contributed by atoms with Crippen molar-refractivity contribution in [2.75, 3.05) is 27.7 Å². The smallest absolute Gasteiger partial charge is 0.189 e. The number of hydrogen-bond acceptors (Lipinski definition) is 2. The molecule has 0 aromatic carbocycles. The first-order valence-corrected chi connectivity index (χ1v) is 3.47. The average molecular weight is 194 g/mol. The molecule has 0 bridgehead atoms. The molecule has 4 heteroatoms. The van der Waals surface area contributed by atoms with Gasteiger partial charge in [0.15, 0.2) is 12.4 Å². The number of ketones is 1. The van der Waals surface area contributed by atoms with E-state index in [1.807, 2.05) is 21.1 Å². The van der Waals surface area contributed by atoms with Crippen LogP contribution in [0, 0.1) is 0 Å². The van der Waals surface area contributed by atoms with Gasteiger partial charge in [-0.25, -0.2) is 0 Å². The lowest BCUT2D eigenvalue weighted by atomic mass is 10.2. The second-order valence-corrected chi connectivity index (χ2v) is 3.37. The van der Waals surface area contributed by atoms with E-state index < -0.39 is 0 Å². The maximum atomic E-state index is 11.0. The number of rotatable bonds is 4. The zero-order valence-electron chi connectivity index (χ0n) is 8.06. The molecule has 0 aromatic rings. The van der Waals surface area contributed by atoms with Gasteiger partial charge in [0.2, 0.25) is 0 Å². The van der Waals surface area contributed by atoms with Crippen LogP contribution in [0.2, 0.25) is 0 Å². The highest BCUT2D eigenvalue weighted by molar-refractivity contribution is 5.95. The topological polar surface area (TPSA) is 26.3 Å². The number of quaternary nitrogens is 1. The first kappa shape index (κ1) is 14.2. The van der Waals surface area contributed by atoms with Crippen molar-refractivity contribution < 1.29 is 26.7 Å². The van der Waals surface area contributed by atoms with Crippen molar-refractivity contribution in [1.29, 1.82) is 0 Å². The summed E-state index contributed by atoms with van der Waals surface area (Å²) < 4.78 is 0.332. The van der Waals surface area contributed by atoms with Crippen LogP contribution in [0.4, 0.5) is 0 Å². The molecule has 0 amide bonds. The summed E-state index contributed by atoms with van der Waals surface area (Å²) in [6.07, 6.45) is 0. The van der Waals surface area contributed by atoms with Gasteiger partial charge in [0.05, 0.1) is 21.1 Å². The number of hydrogen-bond donors (Lipinski definition) is 0. The van der Waals surface area contributed by atoms with Crippen molar-refractivity contribution in [3.05, 3.63) is 12.2 Å². The Labute approximate surface area is 80.0 Å². The van der Waals surface area contributed by atoms with Crippen LogP contribution in [0.15, 0.2) is 12.2 Å². The first-order valence-electron chi connectivity index (χ1n) is 3.47. The van der Waals surface area contributed by atoms with E-state index in [0.29, 0.717) is 10.2 Å². The normalized spacial score (nSPS) is 10.3. The molecule has 0 N–H and O–H groups in total. The SMILES string of the molecule is C=C(C)C(=O)CO[N+](C)(C)C.[Cl-]. The Bertz CT molecular complexity index is 172. The Kier molecular flexibility index (Phi) is 6.25. The summed E-state index contributed by atoms with van der Waals surface area (Å²) in [6, 6.07) is 0. The molecule has 72 valence electrons. The van der Waals surface area contributed by atoms with Gasteiger partial charge >= 0.3 is 0 Å². The fourth-order valence-corrected chi connectivity index (χ4v) is 0.375. The summed E-state index contributed by atoms with van der Waals surface area (Å²) in [4.78, 5) is 16.1. The van der Waals surface area contributed by atoms with Crippen LogP contribution in [-0.2, 0) is 9.63 Å². The van der Waals surface area contributed by atoms with Crippen molar-refractivity contribution in [3.8, 4) is 0 Å². The summed E-state index contributed by atoms with van der Waals surface area (Å²) in [6.45, 7) is 5.31. The molecule has 0 saturated heterocycles. The van der Waals surface area contributed by atoms with Gasteiger partial charge in [0.25, 0.3) is 0 Å². The second-order valence-electron chi connectivity index (χ2n) is 3.37. The molecule has 3 nitrogen and oxygen atoms in total. The predicted octanol–water partition coefficient (Wildman–Crippen LogP) is -2.23. The fourth-order valence-electron chi connectivity index (χ4n) is 0.375. The van der Waals surface area contributed by atoms with E-state index in [-0.39, 0.29) is 24.8 Å². The number of halogens is 1. The molecular formula is C8H16ClNO2. The number of nitrogens with zero attached hydrogens (tertiary/aromatic N) is 1. The van der Waals surface area contributed by atoms with Crippen LogP contribution >= 0.6 is 0 Å². The van der Waals surface area contributed by atoms with Crippen molar-refractivity contribution in [2.45, 2.75) is 6.92 Å². The van der Waals surface area contributed by atoms with E-state index in [1.165, 1.54) is 0 Å². The van der Waals surface area contributed by atoms with Crippen LogP contribution in [0.25, 0.3) is 0 Å². The molecule has 0 atom stereocenters. The van der Waals surface area contributed by atoms with Gasteiger partial charge in [-0.3, -0.25) is 4.79 Å². The molecule has 0 radical (unpaired) electrons. The molecule has 0 aromatic heterocycles. The van der Waals surface area contributed by atoms with Crippen LogP contribution < -0.4 is 12.4 Å². The van der Waals surface area contributed by atoms with Gasteiger partial charge in [-0.2, -0.15) is 9.48 Å². The monoisotopic (exact) mass is 193 g/mol. The number of carbonyl (C=O) groups excluding carboxylic acids is 1. The third-order valence-electron chi connectivity index (χ3n) is 1.06. The summed E-state index contributed by atoms with van der Waals surface area (Å²) in [5.74, 6) is -0.0435. The van der Waals surface area contributed by atoms with Gasteiger partial charge in [0, 0.05) is 0 Å². The maximum Gasteiger partial charge on any atom is 0.189 e. The van der Waals surface area contributed by atoms with Crippen molar-refractivity contribution in [3.63, 3.8) is 0 Å². The van der Waals surface area contributed by atoms with E-state index >= 15 is 0 Å². The Hall–Kier alpha value is -0.380. The summed E-state index contributed by atoms with van der Waals surface area (Å²) >= 11 is 0. The molecule has 0 saturated carbocycles. The molecule has 0 unspecified atom stereocenters. The number of carbonyl (C=O) groups is 1. The molecule has 0 spiro atoms. The van der Waals surface area contributed by atoms with Crippen molar-refractivity contribution in [1.82, 2.24) is 0 Å². The van der Waals surface area contributed by atoms with E-state index in [0.717, 1.165) is 0 Å². The first-order chi connectivity index (χ1) is 4.83. The van der Waals surface area contributed by atoms with E-state index in [9.17, 15) is 4.79 Å². The molecule has 0 heterocycles. The summed E-state index contributed by atoms with van der Waals surface area (Å²) in [5, 5.41) is 0. The fraction of sp³-hybridized carbons (Fsp3) is 0.625. The summed E-state index contributed by atoms with van der Waals surface area (Å²) in [7, 11) is 5.56. The lowest BCUT2D eigenvalue weighted by molar-refractivity contribution is -1.06. The van der Waals surface area contributed by atoms with Crippen LogP contribution in [0.5, 0.6) is 0 Å². The zero-order valence-corrected chi connectivity index (χ0v) is 8.81. The van der Waals surface area contributed by atoms with E-state index in [1.54, 1.807) is 6.92 Å². The Morgan fingerprint density at radius 1 is 1.42 bits per heavy atom. The number of Topliss-reactive ketones (excluding diaryl/α,β-unsaturated/α-hetero) is 1. The van der Waals surface area contributed by atoms with E-state index in [4.69, 9.17) is 4.84 Å². The van der Waals surface area contributed by atoms with Gasteiger partial charge < -0.3 is 12.4 Å². The number of hydroxylamine groups is 3. The summed E-state index contributed by atoms with van der Waals surface area (Å²) in [5.41, 5.74) is 0.540. The van der Waals surface area contributed by atoms with Crippen LogP contribution in [0.1, 0.15) is 6.92 Å². The highest BCUT2D eigenvalue weighted by Crippen LogP contribution is 1.96. The quantitative estimate of drug-likeness (QED) is 0.287. The maximum absolute atomic E-state index is 11.0. The Balaban J connectivity index is 0. The average Bonchev–Trinajstić information content (AvgIpc) is 1.80. The molecule has 0 aliphatic rings. The minimum absolute atomic E-state index is 0. The Morgan fingerprint density at radius 3 is 2.08 bits per heavy atom. The van der Waals surface area contributed by atoms with Crippen LogP contribution in [-0.4, -0.2) is 38.2 Å².